The zero-order chi connectivity index (χ0) is 49.9. The maximum atomic E-state index is 12.9. The van der Waals surface area contributed by atoms with E-state index in [1.807, 2.05) is 0 Å². The van der Waals surface area contributed by atoms with Crippen LogP contribution in [-0.4, -0.2) is 66.5 Å². The summed E-state index contributed by atoms with van der Waals surface area (Å²) in [5.41, 5.74) is 0. The van der Waals surface area contributed by atoms with Gasteiger partial charge in [0.05, 0.1) is 19.8 Å². The van der Waals surface area contributed by atoms with Crippen LogP contribution in [0.25, 0.3) is 0 Å². The van der Waals surface area contributed by atoms with E-state index in [-0.39, 0.29) is 25.9 Å². The summed E-state index contributed by atoms with van der Waals surface area (Å²) >= 11 is 0. The lowest BCUT2D eigenvalue weighted by Gasteiger charge is -2.21. The molecule has 0 fully saturated rings. The molecule has 2 N–H and O–H groups in total. The highest BCUT2D eigenvalue weighted by Crippen LogP contribution is 2.43. The molecule has 3 unspecified atom stereocenters. The van der Waals surface area contributed by atoms with Gasteiger partial charge >= 0.3 is 25.7 Å². The predicted octanol–water partition coefficient (Wildman–Crippen LogP) is 16.0. The van der Waals surface area contributed by atoms with Crippen molar-refractivity contribution in [3.63, 3.8) is 0 Å². The minimum absolute atomic E-state index is 0.160. The smallest absolute Gasteiger partial charge is 0.462 e. The lowest BCUT2D eigenvalue weighted by Crippen LogP contribution is -2.30. The molecular formula is C56H103O11P. The Morgan fingerprint density at radius 2 is 0.721 bits per heavy atom. The van der Waals surface area contributed by atoms with E-state index in [1.165, 1.54) is 109 Å². The third-order valence-electron chi connectivity index (χ3n) is 12.0. The Bertz CT molecular complexity index is 1280. The number of allylic oxidation sites excluding steroid dienone is 6. The molecular weight excluding hydrogens is 880 g/mol. The number of ether oxygens (including phenoxy) is 3. The van der Waals surface area contributed by atoms with Crippen molar-refractivity contribution in [2.45, 2.75) is 277 Å². The minimum Gasteiger partial charge on any atom is -0.462 e. The van der Waals surface area contributed by atoms with E-state index in [2.05, 4.69) is 57.2 Å². The number of phosphoric acid groups is 1. The zero-order valence-electron chi connectivity index (χ0n) is 43.8. The number of carbonyl (C=O) groups excluding carboxylic acids is 3. The Kier molecular flexibility index (Phi) is 49.3. The van der Waals surface area contributed by atoms with Crippen molar-refractivity contribution in [2.75, 3.05) is 26.4 Å². The highest BCUT2D eigenvalue weighted by Gasteiger charge is 2.28. The number of phosphoric ester groups is 1. The Morgan fingerprint density at radius 3 is 1.13 bits per heavy atom. The Hall–Kier alpha value is -2.30. The molecule has 3 atom stereocenters. The third kappa shape index (κ3) is 48.7. The number of carbonyl (C=O) groups is 3. The minimum atomic E-state index is -4.74. The lowest BCUT2D eigenvalue weighted by atomic mass is 10.1. The quantitative estimate of drug-likeness (QED) is 0.0197. The Labute approximate surface area is 416 Å². The molecule has 398 valence electrons. The molecule has 0 spiro atoms. The second-order valence-corrected chi connectivity index (χ2v) is 20.2. The Balaban J connectivity index is 4.73. The summed E-state index contributed by atoms with van der Waals surface area (Å²) in [4.78, 5) is 48.4. The standard InChI is InChI=1S/C56H103O11P/c1-4-7-10-13-16-19-21-23-25-26-28-30-32-35-38-41-44-47-56(60)67-53(49-63-54(58)45-42-39-36-34-31-29-27-24-22-20-17-14-11-8-5-2)51-65-68(61,62)64-50-52(48-57)66-55(59)46-43-40-37-33-18-15-12-9-6-3/h16,19,23-25,27,52-53,57H,4-15,17-18,20-22,26,28-51H2,1-3H3,(H,61,62)/b19-16-,25-23-,27-24-. The molecule has 12 heteroatoms. The van der Waals surface area contributed by atoms with Gasteiger partial charge in [0.15, 0.2) is 6.10 Å². The van der Waals surface area contributed by atoms with Gasteiger partial charge in [-0.25, -0.2) is 4.57 Å². The fraction of sp³-hybridized carbons (Fsp3) is 0.839. The van der Waals surface area contributed by atoms with E-state index in [0.717, 1.165) is 96.3 Å². The molecule has 0 aromatic carbocycles. The van der Waals surface area contributed by atoms with Crippen molar-refractivity contribution in [3.8, 4) is 0 Å². The van der Waals surface area contributed by atoms with Crippen LogP contribution in [0, 0.1) is 0 Å². The van der Waals surface area contributed by atoms with Gasteiger partial charge in [0.2, 0.25) is 0 Å². The number of unbranched alkanes of at least 4 members (excludes halogenated alkanes) is 29. The number of hydrogen-bond donors (Lipinski definition) is 2. The van der Waals surface area contributed by atoms with Crippen LogP contribution in [0.5, 0.6) is 0 Å². The number of esters is 3. The number of rotatable bonds is 52. The van der Waals surface area contributed by atoms with E-state index < -0.39 is 57.8 Å². The van der Waals surface area contributed by atoms with Gasteiger partial charge < -0.3 is 24.2 Å². The highest BCUT2D eigenvalue weighted by molar-refractivity contribution is 7.47. The lowest BCUT2D eigenvalue weighted by molar-refractivity contribution is -0.161. The summed E-state index contributed by atoms with van der Waals surface area (Å²) in [6.07, 6.45) is 51.1. The van der Waals surface area contributed by atoms with E-state index >= 15 is 0 Å². The maximum absolute atomic E-state index is 12.9. The fourth-order valence-corrected chi connectivity index (χ4v) is 8.52. The van der Waals surface area contributed by atoms with Crippen molar-refractivity contribution in [1.29, 1.82) is 0 Å². The molecule has 0 saturated heterocycles. The van der Waals surface area contributed by atoms with Crippen LogP contribution < -0.4 is 0 Å². The summed E-state index contributed by atoms with van der Waals surface area (Å²) in [6.45, 7) is 4.59. The van der Waals surface area contributed by atoms with Gasteiger partial charge in [-0.15, -0.1) is 0 Å². The molecule has 0 bridgehead atoms. The molecule has 0 amide bonds. The average Bonchev–Trinajstić information content (AvgIpc) is 3.32. The predicted molar refractivity (Wildman–Crippen MR) is 279 cm³/mol. The average molecular weight is 983 g/mol. The summed E-state index contributed by atoms with van der Waals surface area (Å²) in [7, 11) is -4.74. The molecule has 68 heavy (non-hydrogen) atoms. The van der Waals surface area contributed by atoms with Crippen LogP contribution in [0.15, 0.2) is 36.5 Å². The van der Waals surface area contributed by atoms with Gasteiger partial charge in [0.25, 0.3) is 0 Å². The molecule has 0 rings (SSSR count). The largest absolute Gasteiger partial charge is 0.472 e. The molecule has 11 nitrogen and oxygen atoms in total. The molecule has 0 aliphatic carbocycles. The van der Waals surface area contributed by atoms with Crippen LogP contribution in [0.1, 0.15) is 265 Å². The molecule has 0 aliphatic heterocycles. The fourth-order valence-electron chi connectivity index (χ4n) is 7.73. The van der Waals surface area contributed by atoms with E-state index in [9.17, 15) is 28.9 Å². The van der Waals surface area contributed by atoms with Crippen molar-refractivity contribution < 1.29 is 52.2 Å². The van der Waals surface area contributed by atoms with E-state index in [1.54, 1.807) is 0 Å². The van der Waals surface area contributed by atoms with Crippen LogP contribution in [0.2, 0.25) is 0 Å². The van der Waals surface area contributed by atoms with Crippen LogP contribution in [0.3, 0.4) is 0 Å². The van der Waals surface area contributed by atoms with Gasteiger partial charge in [0, 0.05) is 19.3 Å². The summed E-state index contributed by atoms with van der Waals surface area (Å²) < 4.78 is 39.4. The van der Waals surface area contributed by atoms with Crippen molar-refractivity contribution in [2.24, 2.45) is 0 Å². The second kappa shape index (κ2) is 51.1. The first kappa shape index (κ1) is 65.7. The van der Waals surface area contributed by atoms with Gasteiger partial charge in [-0.1, -0.05) is 205 Å². The highest BCUT2D eigenvalue weighted by atomic mass is 31.2. The first-order valence-corrected chi connectivity index (χ1v) is 29.4. The maximum Gasteiger partial charge on any atom is 0.472 e. The number of aliphatic hydroxyl groups is 1. The summed E-state index contributed by atoms with van der Waals surface area (Å²) in [6, 6.07) is 0. The molecule has 0 radical (unpaired) electrons. The second-order valence-electron chi connectivity index (χ2n) is 18.7. The van der Waals surface area contributed by atoms with Crippen molar-refractivity contribution in [3.05, 3.63) is 36.5 Å². The number of hydrogen-bond acceptors (Lipinski definition) is 10. The van der Waals surface area contributed by atoms with Gasteiger partial charge in [0.1, 0.15) is 12.7 Å². The summed E-state index contributed by atoms with van der Waals surface area (Å²) in [5.74, 6) is -1.47. The number of aliphatic hydroxyl groups excluding tert-OH is 1. The Morgan fingerprint density at radius 1 is 0.412 bits per heavy atom. The SMILES string of the molecule is CCCCC/C=C\C/C=C\CCCCCCCCCC(=O)OC(COC(=O)CCCCCCC/C=C\CCCCCCCC)COP(=O)(O)OCC(CO)OC(=O)CCCCCCCCCCC. The first-order chi connectivity index (χ1) is 33.2. The normalized spacial score (nSPS) is 13.7. The van der Waals surface area contributed by atoms with Crippen molar-refractivity contribution >= 4 is 25.7 Å². The zero-order valence-corrected chi connectivity index (χ0v) is 44.7. The molecule has 0 saturated carbocycles. The van der Waals surface area contributed by atoms with Gasteiger partial charge in [-0.05, 0) is 77.0 Å². The summed E-state index contributed by atoms with van der Waals surface area (Å²) in [5, 5.41) is 9.76. The van der Waals surface area contributed by atoms with Gasteiger partial charge in [-0.3, -0.25) is 23.4 Å². The third-order valence-corrected chi connectivity index (χ3v) is 13.0. The molecule has 0 heterocycles. The molecule has 0 aromatic rings. The molecule has 0 aliphatic rings. The molecule has 0 aromatic heterocycles. The monoisotopic (exact) mass is 983 g/mol. The van der Waals surface area contributed by atoms with Crippen LogP contribution in [-0.2, 0) is 42.2 Å². The van der Waals surface area contributed by atoms with Crippen molar-refractivity contribution in [1.82, 2.24) is 0 Å². The van der Waals surface area contributed by atoms with E-state index in [4.69, 9.17) is 23.3 Å². The first-order valence-electron chi connectivity index (χ1n) is 27.9. The van der Waals surface area contributed by atoms with Gasteiger partial charge in [-0.2, -0.15) is 0 Å². The topological polar surface area (TPSA) is 155 Å². The van der Waals surface area contributed by atoms with Crippen LogP contribution >= 0.6 is 7.82 Å². The van der Waals surface area contributed by atoms with Crippen LogP contribution in [0.4, 0.5) is 0 Å². The van der Waals surface area contributed by atoms with E-state index in [0.29, 0.717) is 19.3 Å².